The second-order valence-electron chi connectivity index (χ2n) is 6.36. The van der Waals surface area contributed by atoms with E-state index in [4.69, 9.17) is 14.5 Å². The molecule has 0 saturated carbocycles. The highest BCUT2D eigenvalue weighted by Crippen LogP contribution is 2.33. The Morgan fingerprint density at radius 2 is 2.00 bits per heavy atom. The Balaban J connectivity index is 1.70. The Bertz CT molecular complexity index is 1030. The number of anilines is 1. The van der Waals surface area contributed by atoms with Gasteiger partial charge in [-0.05, 0) is 34.3 Å². The van der Waals surface area contributed by atoms with Crippen LogP contribution in [-0.2, 0) is 16.1 Å². The molecule has 1 aliphatic rings. The van der Waals surface area contributed by atoms with Crippen molar-refractivity contribution in [3.63, 3.8) is 0 Å². The molecule has 0 aliphatic carbocycles. The number of aromatic nitrogens is 3. The number of hydrogen-bond acceptors (Lipinski definition) is 8. The van der Waals surface area contributed by atoms with E-state index < -0.39 is 0 Å². The van der Waals surface area contributed by atoms with Crippen LogP contribution in [0.25, 0.3) is 10.9 Å². The number of hydrogen-bond donors (Lipinski definition) is 0. The van der Waals surface area contributed by atoms with Crippen LogP contribution in [0.2, 0.25) is 0 Å². The van der Waals surface area contributed by atoms with Gasteiger partial charge in [0.25, 0.3) is 0 Å². The van der Waals surface area contributed by atoms with Gasteiger partial charge in [0.15, 0.2) is 11.0 Å². The van der Waals surface area contributed by atoms with Crippen LogP contribution in [0.1, 0.15) is 16.1 Å². The molecule has 3 heterocycles. The van der Waals surface area contributed by atoms with Gasteiger partial charge in [0.1, 0.15) is 12.1 Å². The third kappa shape index (κ3) is 4.36. The third-order valence-corrected chi connectivity index (χ3v) is 6.00. The van der Waals surface area contributed by atoms with E-state index >= 15 is 0 Å². The fourth-order valence-electron chi connectivity index (χ4n) is 3.06. The highest BCUT2D eigenvalue weighted by atomic mass is 79.9. The van der Waals surface area contributed by atoms with Crippen LogP contribution >= 0.6 is 27.7 Å². The molecule has 0 atom stereocenters. The summed E-state index contributed by atoms with van der Waals surface area (Å²) in [6, 6.07) is 8.91. The number of morpholine rings is 1. The summed E-state index contributed by atoms with van der Waals surface area (Å²) in [5, 5.41) is 1.52. The maximum absolute atomic E-state index is 12.3. The molecule has 9 heteroatoms. The van der Waals surface area contributed by atoms with Crippen molar-refractivity contribution in [1.29, 1.82) is 0 Å². The Morgan fingerprint density at radius 3 is 2.72 bits per heavy atom. The first-order valence-electron chi connectivity index (χ1n) is 9.11. The number of thioether (sulfide) groups is 1. The second-order valence-corrected chi connectivity index (χ2v) is 7.92. The van der Waals surface area contributed by atoms with E-state index in [0.29, 0.717) is 29.6 Å². The summed E-state index contributed by atoms with van der Waals surface area (Å²) in [5.74, 6) is 0.372. The molecule has 7 nitrogen and oxygen atoms in total. The monoisotopic (exact) mass is 474 g/mol. The van der Waals surface area contributed by atoms with Crippen LogP contribution in [-0.4, -0.2) is 53.5 Å². The predicted molar refractivity (Wildman–Crippen MR) is 115 cm³/mol. The third-order valence-electron chi connectivity index (χ3n) is 4.55. The summed E-state index contributed by atoms with van der Waals surface area (Å²) in [6.45, 7) is 2.78. The largest absolute Gasteiger partial charge is 0.456 e. The minimum absolute atomic E-state index is 0.0475. The zero-order valence-corrected chi connectivity index (χ0v) is 18.2. The van der Waals surface area contributed by atoms with Crippen LogP contribution in [0.5, 0.6) is 0 Å². The number of esters is 1. The molecule has 1 fully saturated rings. The number of pyridine rings is 1. The summed E-state index contributed by atoms with van der Waals surface area (Å²) in [6.07, 6.45) is 3.72. The highest BCUT2D eigenvalue weighted by Gasteiger charge is 2.22. The molecule has 3 aromatic rings. The minimum Gasteiger partial charge on any atom is -0.456 e. The molecule has 0 spiro atoms. The number of rotatable bonds is 5. The Hall–Kier alpha value is -2.23. The van der Waals surface area contributed by atoms with Crippen molar-refractivity contribution in [3.05, 3.63) is 52.3 Å². The molecule has 1 saturated heterocycles. The summed E-state index contributed by atoms with van der Waals surface area (Å²) in [4.78, 5) is 28.4. The molecule has 0 N–H and O–H groups in total. The fraction of sp³-hybridized carbons (Fsp3) is 0.300. The van der Waals surface area contributed by atoms with Crippen molar-refractivity contribution in [3.8, 4) is 0 Å². The van der Waals surface area contributed by atoms with E-state index in [1.807, 2.05) is 12.3 Å². The van der Waals surface area contributed by atoms with Gasteiger partial charge in [-0.25, -0.2) is 19.7 Å². The van der Waals surface area contributed by atoms with Crippen LogP contribution in [0.4, 0.5) is 5.82 Å². The molecule has 29 heavy (non-hydrogen) atoms. The number of ether oxygens (including phenoxy) is 2. The fourth-order valence-corrected chi connectivity index (χ4v) is 3.90. The molecule has 0 unspecified atom stereocenters. The second kappa shape index (κ2) is 9.06. The lowest BCUT2D eigenvalue weighted by molar-refractivity contribution is 0.0467. The van der Waals surface area contributed by atoms with Gasteiger partial charge >= 0.3 is 5.97 Å². The topological polar surface area (TPSA) is 77.4 Å². The summed E-state index contributed by atoms with van der Waals surface area (Å²) >= 11 is 5.09. The molecule has 0 amide bonds. The number of fused-ring (bicyclic) bond motifs is 1. The Labute approximate surface area is 181 Å². The maximum Gasteiger partial charge on any atom is 0.338 e. The number of carbonyl (C=O) groups excluding carboxylic acids is 1. The van der Waals surface area contributed by atoms with E-state index in [0.717, 1.165) is 34.3 Å². The van der Waals surface area contributed by atoms with Crippen LogP contribution in [0, 0.1) is 0 Å². The molecular formula is C20H19BrN4O3S. The number of nitrogens with zero attached hydrogens (tertiary/aromatic N) is 4. The normalized spacial score (nSPS) is 14.2. The zero-order chi connectivity index (χ0) is 20.2. The van der Waals surface area contributed by atoms with Crippen molar-refractivity contribution >= 4 is 50.4 Å². The van der Waals surface area contributed by atoms with Gasteiger partial charge in [-0.2, -0.15) is 0 Å². The van der Waals surface area contributed by atoms with Crippen molar-refractivity contribution in [1.82, 2.24) is 15.0 Å². The summed E-state index contributed by atoms with van der Waals surface area (Å²) < 4.78 is 11.7. The van der Waals surface area contributed by atoms with Crippen molar-refractivity contribution < 1.29 is 14.3 Å². The molecule has 2 aromatic heterocycles. The standard InChI is InChI=1S/C20H19BrN4O3S/c1-29-20-22-11-14-16(21)15(12-28-19(26)13-5-3-2-4-6-13)23-18(17(14)24-20)25-7-9-27-10-8-25/h2-6,11H,7-10,12H2,1H3. The molecular weight excluding hydrogens is 456 g/mol. The van der Waals surface area contributed by atoms with Crippen molar-refractivity contribution in [2.75, 3.05) is 37.5 Å². The van der Waals surface area contributed by atoms with Gasteiger partial charge in [-0.15, -0.1) is 0 Å². The van der Waals surface area contributed by atoms with Gasteiger partial charge in [0.05, 0.1) is 28.9 Å². The lowest BCUT2D eigenvalue weighted by Gasteiger charge is -2.29. The first-order chi connectivity index (χ1) is 14.2. The van der Waals surface area contributed by atoms with Gasteiger partial charge in [-0.3, -0.25) is 0 Å². The number of halogens is 1. The molecule has 0 radical (unpaired) electrons. The highest BCUT2D eigenvalue weighted by molar-refractivity contribution is 9.10. The lowest BCUT2D eigenvalue weighted by atomic mass is 10.2. The van der Waals surface area contributed by atoms with Gasteiger partial charge in [0, 0.05) is 24.7 Å². The van der Waals surface area contributed by atoms with E-state index in [1.54, 1.807) is 30.5 Å². The van der Waals surface area contributed by atoms with Gasteiger partial charge in [-0.1, -0.05) is 30.0 Å². The van der Waals surface area contributed by atoms with Crippen molar-refractivity contribution in [2.24, 2.45) is 0 Å². The van der Waals surface area contributed by atoms with E-state index in [2.05, 4.69) is 30.8 Å². The van der Waals surface area contributed by atoms with Gasteiger partial charge in [0.2, 0.25) is 0 Å². The first kappa shape index (κ1) is 20.1. The van der Waals surface area contributed by atoms with E-state index in [9.17, 15) is 4.79 Å². The lowest BCUT2D eigenvalue weighted by Crippen LogP contribution is -2.37. The quantitative estimate of drug-likeness (QED) is 0.314. The van der Waals surface area contributed by atoms with Crippen LogP contribution in [0.15, 0.2) is 46.2 Å². The molecule has 4 rings (SSSR count). The Kier molecular flexibility index (Phi) is 6.27. The maximum atomic E-state index is 12.3. The SMILES string of the molecule is CSc1ncc2c(Br)c(COC(=O)c3ccccc3)nc(N3CCOCC3)c2n1. The smallest absolute Gasteiger partial charge is 0.338 e. The Morgan fingerprint density at radius 1 is 1.24 bits per heavy atom. The summed E-state index contributed by atoms with van der Waals surface area (Å²) in [7, 11) is 0. The average Bonchev–Trinajstić information content (AvgIpc) is 2.79. The first-order valence-corrected chi connectivity index (χ1v) is 11.1. The van der Waals surface area contributed by atoms with Crippen molar-refractivity contribution in [2.45, 2.75) is 11.8 Å². The van der Waals surface area contributed by atoms with E-state index in [-0.39, 0.29) is 12.6 Å². The molecule has 150 valence electrons. The average molecular weight is 475 g/mol. The molecule has 0 bridgehead atoms. The van der Waals surface area contributed by atoms with Gasteiger partial charge < -0.3 is 14.4 Å². The van der Waals surface area contributed by atoms with Crippen LogP contribution in [0.3, 0.4) is 0 Å². The predicted octanol–water partition coefficient (Wildman–Crippen LogP) is 3.70. The number of carbonyl (C=O) groups is 1. The minimum atomic E-state index is -0.388. The summed E-state index contributed by atoms with van der Waals surface area (Å²) in [5.41, 5.74) is 1.91. The zero-order valence-electron chi connectivity index (χ0n) is 15.8. The molecule has 1 aromatic carbocycles. The number of benzene rings is 1. The van der Waals surface area contributed by atoms with E-state index in [1.165, 1.54) is 11.8 Å². The van der Waals surface area contributed by atoms with Crippen LogP contribution < -0.4 is 4.90 Å². The molecule has 1 aliphatic heterocycles.